The van der Waals surface area contributed by atoms with Crippen LogP contribution in [0.2, 0.25) is 0 Å². The average molecular weight is 276 g/mol. The first-order chi connectivity index (χ1) is 9.47. The van der Waals surface area contributed by atoms with E-state index in [0.717, 1.165) is 17.4 Å². The molecule has 0 aliphatic heterocycles. The van der Waals surface area contributed by atoms with Crippen LogP contribution in [0.25, 0.3) is 0 Å². The molecule has 2 rings (SSSR count). The maximum atomic E-state index is 10.8. The van der Waals surface area contributed by atoms with E-state index in [-0.39, 0.29) is 16.7 Å². The van der Waals surface area contributed by atoms with Crippen molar-refractivity contribution in [1.29, 1.82) is 0 Å². The van der Waals surface area contributed by atoms with E-state index < -0.39 is 0 Å². The number of rotatable bonds is 4. The monoisotopic (exact) mass is 276 g/mol. The maximum Gasteiger partial charge on any atom is 0.269 e. The van der Waals surface area contributed by atoms with Gasteiger partial charge in [0.1, 0.15) is 0 Å². The molecule has 20 heavy (non-hydrogen) atoms. The first kappa shape index (κ1) is 15.0. The Morgan fingerprint density at radius 1 is 1.30 bits per heavy atom. The van der Waals surface area contributed by atoms with Crippen molar-refractivity contribution >= 4 is 5.69 Å². The quantitative estimate of drug-likeness (QED) is 0.666. The van der Waals surface area contributed by atoms with Crippen LogP contribution >= 0.6 is 0 Å². The van der Waals surface area contributed by atoms with E-state index in [2.05, 4.69) is 26.1 Å². The molecular weight excluding hydrogens is 252 g/mol. The van der Waals surface area contributed by atoms with Crippen molar-refractivity contribution < 1.29 is 4.92 Å². The summed E-state index contributed by atoms with van der Waals surface area (Å²) in [5, 5.41) is 14.5. The zero-order chi connectivity index (χ0) is 14.7. The van der Waals surface area contributed by atoms with Crippen LogP contribution in [0.3, 0.4) is 0 Å². The summed E-state index contributed by atoms with van der Waals surface area (Å²) in [4.78, 5) is 10.5. The summed E-state index contributed by atoms with van der Waals surface area (Å²) in [6.07, 6.45) is 3.66. The van der Waals surface area contributed by atoms with Gasteiger partial charge in [0.05, 0.1) is 4.92 Å². The topological polar surface area (TPSA) is 55.2 Å². The number of nitro benzene ring substituents is 1. The van der Waals surface area contributed by atoms with Crippen LogP contribution in [0, 0.1) is 22.0 Å². The van der Waals surface area contributed by atoms with E-state index in [1.54, 1.807) is 18.2 Å². The van der Waals surface area contributed by atoms with Gasteiger partial charge in [0.2, 0.25) is 0 Å². The van der Waals surface area contributed by atoms with Crippen molar-refractivity contribution in [1.82, 2.24) is 5.32 Å². The van der Waals surface area contributed by atoms with Gasteiger partial charge in [-0.2, -0.15) is 0 Å². The minimum absolute atomic E-state index is 0.153. The summed E-state index contributed by atoms with van der Waals surface area (Å²) in [5.74, 6) is 1.56. The smallest absolute Gasteiger partial charge is 0.269 e. The van der Waals surface area contributed by atoms with Gasteiger partial charge >= 0.3 is 0 Å². The third-order valence-corrected chi connectivity index (χ3v) is 4.66. The molecule has 1 aliphatic carbocycles. The molecule has 110 valence electrons. The Labute approximate surface area is 120 Å². The van der Waals surface area contributed by atoms with Crippen molar-refractivity contribution in [3.8, 4) is 0 Å². The van der Waals surface area contributed by atoms with Gasteiger partial charge in [0.25, 0.3) is 5.69 Å². The molecular formula is C16H24N2O2. The molecule has 0 spiro atoms. The summed E-state index contributed by atoms with van der Waals surface area (Å²) in [5.41, 5.74) is 1.16. The summed E-state index contributed by atoms with van der Waals surface area (Å²) in [6, 6.07) is 7.61. The highest BCUT2D eigenvalue weighted by Crippen LogP contribution is 2.30. The molecule has 4 unspecified atom stereocenters. The third kappa shape index (κ3) is 3.57. The highest BCUT2D eigenvalue weighted by atomic mass is 16.6. The molecule has 0 heterocycles. The van der Waals surface area contributed by atoms with Crippen LogP contribution in [0.15, 0.2) is 24.3 Å². The van der Waals surface area contributed by atoms with Gasteiger partial charge in [0.15, 0.2) is 0 Å². The summed E-state index contributed by atoms with van der Waals surface area (Å²) in [6.45, 7) is 6.73. The summed E-state index contributed by atoms with van der Waals surface area (Å²) >= 11 is 0. The van der Waals surface area contributed by atoms with Crippen LogP contribution in [-0.4, -0.2) is 11.0 Å². The predicted molar refractivity (Wildman–Crippen MR) is 80.6 cm³/mol. The third-order valence-electron chi connectivity index (χ3n) is 4.66. The molecule has 0 radical (unpaired) electrons. The highest BCUT2D eigenvalue weighted by molar-refractivity contribution is 5.35. The lowest BCUT2D eigenvalue weighted by Gasteiger charge is -2.34. The molecule has 1 N–H and O–H groups in total. The van der Waals surface area contributed by atoms with Gasteiger partial charge in [-0.15, -0.1) is 0 Å². The molecule has 1 saturated carbocycles. The van der Waals surface area contributed by atoms with Gasteiger partial charge in [-0.3, -0.25) is 10.1 Å². The second-order valence-electron chi connectivity index (χ2n) is 6.20. The second kappa shape index (κ2) is 6.35. The highest BCUT2D eigenvalue weighted by Gasteiger charge is 2.25. The minimum Gasteiger partial charge on any atom is -0.307 e. The van der Waals surface area contributed by atoms with Gasteiger partial charge < -0.3 is 5.32 Å². The van der Waals surface area contributed by atoms with Crippen molar-refractivity contribution in [3.05, 3.63) is 39.9 Å². The number of hydrogen-bond acceptors (Lipinski definition) is 3. The number of benzene rings is 1. The standard InChI is InChI=1S/C16H24N2O2/c1-11-7-8-15(9-12(11)2)17-13(3)14-5-4-6-16(10-14)18(19)20/h4-6,10-13,15,17H,7-9H2,1-3H3. The Morgan fingerprint density at radius 2 is 2.05 bits per heavy atom. The zero-order valence-corrected chi connectivity index (χ0v) is 12.5. The lowest BCUT2D eigenvalue weighted by Crippen LogP contribution is -2.37. The van der Waals surface area contributed by atoms with Gasteiger partial charge in [-0.05, 0) is 43.6 Å². The number of nitrogens with one attached hydrogen (secondary N) is 1. The van der Waals surface area contributed by atoms with E-state index in [0.29, 0.717) is 6.04 Å². The lowest BCUT2D eigenvalue weighted by atomic mass is 9.79. The Balaban J connectivity index is 1.99. The molecule has 1 fully saturated rings. The average Bonchev–Trinajstić information content (AvgIpc) is 2.43. The molecule has 0 aromatic heterocycles. The first-order valence-electron chi connectivity index (χ1n) is 7.47. The number of non-ortho nitro benzene ring substituents is 1. The Bertz CT molecular complexity index is 475. The normalized spacial score (nSPS) is 28.1. The molecule has 1 aromatic carbocycles. The zero-order valence-electron chi connectivity index (χ0n) is 12.5. The van der Waals surface area contributed by atoms with E-state index in [1.807, 2.05) is 6.07 Å². The van der Waals surface area contributed by atoms with Crippen LogP contribution in [0.4, 0.5) is 5.69 Å². The second-order valence-corrected chi connectivity index (χ2v) is 6.20. The molecule has 4 nitrogen and oxygen atoms in total. The summed E-state index contributed by atoms with van der Waals surface area (Å²) < 4.78 is 0. The van der Waals surface area contributed by atoms with E-state index >= 15 is 0 Å². The Hall–Kier alpha value is -1.42. The van der Waals surface area contributed by atoms with E-state index in [4.69, 9.17) is 0 Å². The van der Waals surface area contributed by atoms with Crippen molar-refractivity contribution in [2.75, 3.05) is 0 Å². The fourth-order valence-electron chi connectivity index (χ4n) is 3.06. The Kier molecular flexibility index (Phi) is 4.76. The molecule has 4 heteroatoms. The molecule has 0 bridgehead atoms. The van der Waals surface area contributed by atoms with E-state index in [1.165, 1.54) is 19.3 Å². The number of hydrogen-bond donors (Lipinski definition) is 1. The van der Waals surface area contributed by atoms with Gasteiger partial charge in [0, 0.05) is 24.2 Å². The molecule has 1 aromatic rings. The van der Waals surface area contributed by atoms with Crippen molar-refractivity contribution in [3.63, 3.8) is 0 Å². The predicted octanol–water partition coefficient (Wildman–Crippen LogP) is 4.07. The number of nitro groups is 1. The number of nitrogens with zero attached hydrogens (tertiary/aromatic N) is 1. The molecule has 0 saturated heterocycles. The Morgan fingerprint density at radius 3 is 2.70 bits per heavy atom. The molecule has 4 atom stereocenters. The SMILES string of the molecule is CC(NC1CCC(C)C(C)C1)c1cccc([N+](=O)[O-])c1. The summed E-state index contributed by atoms with van der Waals surface area (Å²) in [7, 11) is 0. The van der Waals surface area contributed by atoms with Crippen LogP contribution in [0.1, 0.15) is 51.6 Å². The van der Waals surface area contributed by atoms with Crippen LogP contribution < -0.4 is 5.32 Å². The van der Waals surface area contributed by atoms with Crippen molar-refractivity contribution in [2.45, 2.75) is 52.1 Å². The largest absolute Gasteiger partial charge is 0.307 e. The maximum absolute atomic E-state index is 10.8. The lowest BCUT2D eigenvalue weighted by molar-refractivity contribution is -0.384. The molecule has 0 amide bonds. The van der Waals surface area contributed by atoms with Gasteiger partial charge in [-0.1, -0.05) is 26.0 Å². The molecule has 1 aliphatic rings. The van der Waals surface area contributed by atoms with Crippen LogP contribution in [-0.2, 0) is 0 Å². The fraction of sp³-hybridized carbons (Fsp3) is 0.625. The fourth-order valence-corrected chi connectivity index (χ4v) is 3.06. The van der Waals surface area contributed by atoms with Crippen LogP contribution in [0.5, 0.6) is 0 Å². The minimum atomic E-state index is -0.333. The van der Waals surface area contributed by atoms with Gasteiger partial charge in [-0.25, -0.2) is 0 Å². The van der Waals surface area contributed by atoms with Crippen molar-refractivity contribution in [2.24, 2.45) is 11.8 Å². The first-order valence-corrected chi connectivity index (χ1v) is 7.47. The van der Waals surface area contributed by atoms with E-state index in [9.17, 15) is 10.1 Å².